The first-order chi connectivity index (χ1) is 14.8. The summed E-state index contributed by atoms with van der Waals surface area (Å²) in [7, 11) is 0. The predicted molar refractivity (Wildman–Crippen MR) is 120 cm³/mol. The van der Waals surface area contributed by atoms with Crippen LogP contribution < -0.4 is 0 Å². The summed E-state index contributed by atoms with van der Waals surface area (Å²) in [6.45, 7) is 6.58. The van der Waals surface area contributed by atoms with Gasteiger partial charge in [0.15, 0.2) is 0 Å². The van der Waals surface area contributed by atoms with Crippen LogP contribution in [0.4, 0.5) is 0 Å². The highest BCUT2D eigenvalue weighted by Gasteiger charge is 2.22. The van der Waals surface area contributed by atoms with Crippen LogP contribution in [0.2, 0.25) is 0 Å². The second kappa shape index (κ2) is 8.55. The molecule has 0 saturated carbocycles. The Balaban J connectivity index is 1.42. The zero-order valence-corrected chi connectivity index (χ0v) is 18.2. The number of carbonyl (C=O) groups excluding carboxylic acids is 1. The van der Waals surface area contributed by atoms with E-state index >= 15 is 0 Å². The van der Waals surface area contributed by atoms with E-state index in [1.54, 1.807) is 24.7 Å². The Labute approximate surface area is 182 Å². The summed E-state index contributed by atoms with van der Waals surface area (Å²) >= 11 is 0. The van der Waals surface area contributed by atoms with Gasteiger partial charge >= 0.3 is 0 Å². The molecule has 0 spiro atoms. The van der Waals surface area contributed by atoms with Crippen LogP contribution in [-0.4, -0.2) is 37.0 Å². The van der Waals surface area contributed by atoms with Gasteiger partial charge in [-0.3, -0.25) is 19.5 Å². The molecule has 1 aromatic carbocycles. The molecule has 0 unspecified atom stereocenters. The molecule has 0 aliphatic carbocycles. The van der Waals surface area contributed by atoms with Crippen molar-refractivity contribution in [2.75, 3.05) is 0 Å². The van der Waals surface area contributed by atoms with Crippen molar-refractivity contribution in [1.29, 1.82) is 0 Å². The zero-order valence-electron chi connectivity index (χ0n) is 18.2. The van der Waals surface area contributed by atoms with Crippen LogP contribution in [0.1, 0.15) is 61.1 Å². The number of hydrogen-bond donors (Lipinski definition) is 1. The van der Waals surface area contributed by atoms with E-state index < -0.39 is 5.60 Å². The van der Waals surface area contributed by atoms with E-state index in [1.165, 1.54) is 5.56 Å². The largest absolute Gasteiger partial charge is 0.389 e. The molecule has 6 heteroatoms. The molecule has 1 aliphatic heterocycles. The molecule has 0 bridgehead atoms. The second-order valence-corrected chi connectivity index (χ2v) is 8.97. The van der Waals surface area contributed by atoms with E-state index in [0.717, 1.165) is 28.1 Å². The van der Waals surface area contributed by atoms with Crippen molar-refractivity contribution in [2.45, 2.75) is 58.2 Å². The van der Waals surface area contributed by atoms with Crippen molar-refractivity contribution in [3.63, 3.8) is 0 Å². The highest BCUT2D eigenvalue weighted by molar-refractivity contribution is 6.14. The average molecular weight is 417 g/mol. The first-order valence-corrected chi connectivity index (χ1v) is 10.6. The molecule has 2 aromatic heterocycles. The van der Waals surface area contributed by atoms with E-state index in [9.17, 15) is 9.90 Å². The molecule has 31 heavy (non-hydrogen) atoms. The van der Waals surface area contributed by atoms with E-state index in [2.05, 4.69) is 34.1 Å². The van der Waals surface area contributed by atoms with Crippen molar-refractivity contribution >= 4 is 11.5 Å². The minimum atomic E-state index is -0.834. The van der Waals surface area contributed by atoms with Crippen molar-refractivity contribution in [3.05, 3.63) is 82.9 Å². The van der Waals surface area contributed by atoms with Crippen molar-refractivity contribution in [1.82, 2.24) is 14.8 Å². The summed E-state index contributed by atoms with van der Waals surface area (Å²) in [4.78, 5) is 21.8. The molecule has 4 rings (SSSR count). The smallest absolute Gasteiger partial charge is 0.139 e. The maximum Gasteiger partial charge on any atom is 0.139 e. The maximum atomic E-state index is 12.6. The summed E-state index contributed by atoms with van der Waals surface area (Å²) in [5.41, 5.74) is 4.97. The number of benzene rings is 1. The molecule has 160 valence electrons. The van der Waals surface area contributed by atoms with Gasteiger partial charge in [0.05, 0.1) is 30.6 Å². The minimum absolute atomic E-state index is 0.191. The number of pyridine rings is 1. The summed E-state index contributed by atoms with van der Waals surface area (Å²) in [6.07, 6.45) is 6.32. The number of aliphatic hydroxyl groups is 1. The van der Waals surface area contributed by atoms with Crippen molar-refractivity contribution in [3.8, 4) is 0 Å². The molecule has 3 heterocycles. The molecule has 0 amide bonds. The fraction of sp³-hybridized carbons (Fsp3) is 0.360. The summed E-state index contributed by atoms with van der Waals surface area (Å²) in [5, 5.41) is 14.3. The quantitative estimate of drug-likeness (QED) is 0.607. The number of aliphatic imine (C=N–C) groups is 1. The lowest BCUT2D eigenvalue weighted by Crippen LogP contribution is -2.26. The Hall–Kier alpha value is -3.12. The number of carbonyl (C=O) groups is 1. The molecule has 0 fully saturated rings. The maximum absolute atomic E-state index is 12.6. The highest BCUT2D eigenvalue weighted by Crippen LogP contribution is 2.24. The second-order valence-electron chi connectivity index (χ2n) is 8.97. The van der Waals surface area contributed by atoms with Gasteiger partial charge in [-0.15, -0.1) is 0 Å². The van der Waals surface area contributed by atoms with E-state index in [0.29, 0.717) is 25.9 Å². The van der Waals surface area contributed by atoms with Crippen LogP contribution in [0.15, 0.2) is 60.0 Å². The number of fused-ring (bicyclic) bond motifs is 1. The molecule has 1 atom stereocenters. The third kappa shape index (κ3) is 5.14. The molecule has 1 aliphatic rings. The highest BCUT2D eigenvalue weighted by atomic mass is 16.3. The number of aromatic nitrogens is 3. The normalized spacial score (nSPS) is 14.3. The first kappa shape index (κ1) is 21.1. The monoisotopic (exact) mass is 416 g/mol. The molecular weight excluding hydrogens is 388 g/mol. The topological polar surface area (TPSA) is 80.4 Å². The fourth-order valence-corrected chi connectivity index (χ4v) is 3.97. The molecule has 1 N–H and O–H groups in total. The van der Waals surface area contributed by atoms with Gasteiger partial charge in [0.25, 0.3) is 0 Å². The van der Waals surface area contributed by atoms with Gasteiger partial charge in [-0.2, -0.15) is 5.10 Å². The Bertz CT molecular complexity index is 1110. The van der Waals surface area contributed by atoms with Gasteiger partial charge in [0, 0.05) is 42.1 Å². The Morgan fingerprint density at radius 2 is 2.00 bits per heavy atom. The van der Waals surface area contributed by atoms with Gasteiger partial charge in [0.1, 0.15) is 5.78 Å². The third-order valence-corrected chi connectivity index (χ3v) is 5.45. The number of rotatable bonds is 8. The number of Topliss-reactive ketones (excluding diaryl/α,β-unsaturated/α-hetero) is 1. The lowest BCUT2D eigenvalue weighted by molar-refractivity contribution is -0.118. The van der Waals surface area contributed by atoms with Crippen LogP contribution in [0, 0.1) is 0 Å². The Morgan fingerprint density at radius 3 is 2.74 bits per heavy atom. The lowest BCUT2D eigenvalue weighted by atomic mass is 9.94. The molecular formula is C25H28N4O2. The van der Waals surface area contributed by atoms with E-state index in [4.69, 9.17) is 0 Å². The van der Waals surface area contributed by atoms with Gasteiger partial charge in [-0.25, -0.2) is 0 Å². The molecule has 6 nitrogen and oxygen atoms in total. The summed E-state index contributed by atoms with van der Waals surface area (Å²) in [6, 6.07) is 12.1. The van der Waals surface area contributed by atoms with Crippen LogP contribution in [0.3, 0.4) is 0 Å². The molecule has 3 aromatic rings. The van der Waals surface area contributed by atoms with Gasteiger partial charge in [0.2, 0.25) is 0 Å². The number of ketones is 1. The van der Waals surface area contributed by atoms with Crippen LogP contribution in [0.25, 0.3) is 0 Å². The van der Waals surface area contributed by atoms with Gasteiger partial charge in [-0.1, -0.05) is 37.3 Å². The number of hydrogen-bond acceptors (Lipinski definition) is 5. The average Bonchev–Trinajstić information content (AvgIpc) is 3.33. The Morgan fingerprint density at radius 1 is 1.23 bits per heavy atom. The zero-order chi connectivity index (χ0) is 22.0. The fourth-order valence-electron chi connectivity index (χ4n) is 3.97. The van der Waals surface area contributed by atoms with Crippen LogP contribution in [-0.2, 0) is 24.3 Å². The standard InChI is InChI=1S/C25H28N4O2/c1-17(18-7-5-4-6-8-18)9-22(30)11-21-10-19-12-27-24(23(19)14-26-21)20-13-28-29(15-20)16-25(2,3)31/h4-8,10,13-15,17,31H,9,11-12,16H2,1-3H3/t17-/m0/s1. The molecule has 0 radical (unpaired) electrons. The van der Waals surface area contributed by atoms with Gasteiger partial charge in [-0.05, 0) is 37.0 Å². The van der Waals surface area contributed by atoms with Crippen LogP contribution in [0.5, 0.6) is 0 Å². The SMILES string of the molecule is C[C@@H](CC(=O)Cc1cc2c(cn1)C(c1cnn(CC(C)(C)O)c1)=NC2)c1ccccc1. The van der Waals surface area contributed by atoms with Crippen LogP contribution >= 0.6 is 0 Å². The van der Waals surface area contributed by atoms with E-state index in [-0.39, 0.29) is 11.7 Å². The Kier molecular flexibility index (Phi) is 5.83. The number of nitrogens with zero attached hydrogens (tertiary/aromatic N) is 4. The summed E-state index contributed by atoms with van der Waals surface area (Å²) < 4.78 is 1.73. The van der Waals surface area contributed by atoms with Crippen molar-refractivity contribution in [2.24, 2.45) is 4.99 Å². The van der Waals surface area contributed by atoms with Gasteiger partial charge < -0.3 is 5.11 Å². The van der Waals surface area contributed by atoms with Crippen molar-refractivity contribution < 1.29 is 9.90 Å². The summed E-state index contributed by atoms with van der Waals surface area (Å²) in [5.74, 6) is 0.384. The predicted octanol–water partition coefficient (Wildman–Crippen LogP) is 3.71. The lowest BCUT2D eigenvalue weighted by Gasteiger charge is -2.16. The molecule has 0 saturated heterocycles. The van der Waals surface area contributed by atoms with E-state index in [1.807, 2.05) is 36.7 Å². The minimum Gasteiger partial charge on any atom is -0.389 e. The third-order valence-electron chi connectivity index (χ3n) is 5.45. The first-order valence-electron chi connectivity index (χ1n) is 10.6.